The molecular formula is C13H17NO5. The number of nitrogens with one attached hydrogen (secondary N) is 1. The van der Waals surface area contributed by atoms with Crippen LogP contribution in [0.2, 0.25) is 0 Å². The van der Waals surface area contributed by atoms with Crippen LogP contribution in [-0.4, -0.2) is 43.3 Å². The quantitative estimate of drug-likeness (QED) is 0.642. The topological polar surface area (TPSA) is 84.9 Å². The lowest BCUT2D eigenvalue weighted by atomic mass is 10.3. The van der Waals surface area contributed by atoms with E-state index in [-0.39, 0.29) is 12.5 Å². The van der Waals surface area contributed by atoms with Crippen molar-refractivity contribution in [2.45, 2.75) is 6.42 Å². The third-order valence-electron chi connectivity index (χ3n) is 2.11. The van der Waals surface area contributed by atoms with E-state index in [1.807, 2.05) is 30.3 Å². The number of benzene rings is 1. The Morgan fingerprint density at radius 2 is 1.89 bits per heavy atom. The van der Waals surface area contributed by atoms with Crippen LogP contribution in [0.5, 0.6) is 5.75 Å². The third kappa shape index (κ3) is 7.77. The van der Waals surface area contributed by atoms with E-state index in [1.165, 1.54) is 0 Å². The molecule has 6 heteroatoms. The van der Waals surface area contributed by atoms with Crippen molar-refractivity contribution in [1.29, 1.82) is 0 Å². The minimum atomic E-state index is -1.09. The summed E-state index contributed by atoms with van der Waals surface area (Å²) < 4.78 is 10.1. The van der Waals surface area contributed by atoms with Crippen LogP contribution in [0.3, 0.4) is 0 Å². The molecule has 1 rings (SSSR count). The predicted molar refractivity (Wildman–Crippen MR) is 68.0 cm³/mol. The van der Waals surface area contributed by atoms with Gasteiger partial charge in [0.15, 0.2) is 0 Å². The van der Waals surface area contributed by atoms with Crippen LogP contribution >= 0.6 is 0 Å². The minimum Gasteiger partial charge on any atom is -0.494 e. The number of carbonyl (C=O) groups is 2. The van der Waals surface area contributed by atoms with Crippen molar-refractivity contribution in [2.24, 2.45) is 0 Å². The largest absolute Gasteiger partial charge is 0.494 e. The molecule has 0 spiro atoms. The Kier molecular flexibility index (Phi) is 7.04. The molecule has 19 heavy (non-hydrogen) atoms. The molecule has 0 fully saturated rings. The molecule has 104 valence electrons. The number of carboxylic acid groups (broad SMARTS) is 1. The summed E-state index contributed by atoms with van der Waals surface area (Å²) in [6.07, 6.45) is 0.666. The van der Waals surface area contributed by atoms with E-state index in [4.69, 9.17) is 9.84 Å². The molecule has 6 nitrogen and oxygen atoms in total. The molecule has 1 amide bonds. The van der Waals surface area contributed by atoms with E-state index in [0.717, 1.165) is 5.75 Å². The number of hydrogen-bond acceptors (Lipinski definition) is 4. The standard InChI is InChI=1S/C13H17NO5/c15-12(9-18-10-13(16)17)14-7-4-8-19-11-5-2-1-3-6-11/h1-3,5-6H,4,7-10H2,(H,14,15)(H,16,17). The lowest BCUT2D eigenvalue weighted by Gasteiger charge is -2.07. The molecule has 2 N–H and O–H groups in total. The van der Waals surface area contributed by atoms with E-state index in [0.29, 0.717) is 19.6 Å². The van der Waals surface area contributed by atoms with Crippen molar-refractivity contribution in [3.8, 4) is 5.75 Å². The van der Waals surface area contributed by atoms with Gasteiger partial charge in [-0.3, -0.25) is 4.79 Å². The second kappa shape index (κ2) is 8.93. The molecule has 0 aliphatic heterocycles. The summed E-state index contributed by atoms with van der Waals surface area (Å²) >= 11 is 0. The summed E-state index contributed by atoms with van der Waals surface area (Å²) in [7, 11) is 0. The van der Waals surface area contributed by atoms with Gasteiger partial charge in [0.05, 0.1) is 6.61 Å². The van der Waals surface area contributed by atoms with Crippen LogP contribution in [0, 0.1) is 0 Å². The summed E-state index contributed by atoms with van der Waals surface area (Å²) in [5.74, 6) is -0.636. The highest BCUT2D eigenvalue weighted by atomic mass is 16.5. The monoisotopic (exact) mass is 267 g/mol. The highest BCUT2D eigenvalue weighted by molar-refractivity contribution is 5.77. The fourth-order valence-electron chi connectivity index (χ4n) is 1.29. The number of aliphatic carboxylic acids is 1. The van der Waals surface area contributed by atoms with E-state index >= 15 is 0 Å². The number of carbonyl (C=O) groups excluding carboxylic acids is 1. The highest BCUT2D eigenvalue weighted by Gasteiger charge is 2.02. The lowest BCUT2D eigenvalue weighted by molar-refractivity contribution is -0.143. The maximum atomic E-state index is 11.2. The van der Waals surface area contributed by atoms with Gasteiger partial charge in [0.25, 0.3) is 0 Å². The number of ether oxygens (including phenoxy) is 2. The zero-order valence-corrected chi connectivity index (χ0v) is 10.5. The highest BCUT2D eigenvalue weighted by Crippen LogP contribution is 2.07. The zero-order chi connectivity index (χ0) is 13.9. The van der Waals surface area contributed by atoms with E-state index < -0.39 is 12.6 Å². The number of rotatable bonds is 9. The molecule has 1 aromatic rings. The summed E-state index contributed by atoms with van der Waals surface area (Å²) in [4.78, 5) is 21.3. The first-order chi connectivity index (χ1) is 9.18. The van der Waals surface area contributed by atoms with Crippen molar-refractivity contribution < 1.29 is 24.2 Å². The molecule has 0 aromatic heterocycles. The maximum absolute atomic E-state index is 11.2. The number of carboxylic acids is 1. The number of amides is 1. The molecule has 0 unspecified atom stereocenters. The molecule has 0 aliphatic carbocycles. The Morgan fingerprint density at radius 3 is 2.58 bits per heavy atom. The Labute approximate surface area is 111 Å². The first-order valence-corrected chi connectivity index (χ1v) is 5.92. The molecule has 0 saturated heterocycles. The molecular weight excluding hydrogens is 250 g/mol. The van der Waals surface area contributed by atoms with Gasteiger partial charge in [0.2, 0.25) is 5.91 Å². The van der Waals surface area contributed by atoms with Crippen LogP contribution in [0.4, 0.5) is 0 Å². The summed E-state index contributed by atoms with van der Waals surface area (Å²) in [6.45, 7) is 0.249. The minimum absolute atomic E-state index is 0.244. The Bertz CT molecular complexity index is 393. The van der Waals surface area contributed by atoms with E-state index in [1.54, 1.807) is 0 Å². The van der Waals surface area contributed by atoms with Gasteiger partial charge >= 0.3 is 5.97 Å². The number of hydrogen-bond donors (Lipinski definition) is 2. The van der Waals surface area contributed by atoms with E-state index in [2.05, 4.69) is 10.1 Å². The molecule has 0 aliphatic rings. The molecule has 0 atom stereocenters. The second-order valence-electron chi connectivity index (χ2n) is 3.75. The van der Waals surface area contributed by atoms with Gasteiger partial charge in [-0.2, -0.15) is 0 Å². The van der Waals surface area contributed by atoms with Crippen molar-refractivity contribution in [1.82, 2.24) is 5.32 Å². The normalized spacial score (nSPS) is 9.89. The number of para-hydroxylation sites is 1. The summed E-state index contributed by atoms with van der Waals surface area (Å²) in [6, 6.07) is 9.40. The van der Waals surface area contributed by atoms with E-state index in [9.17, 15) is 9.59 Å². The van der Waals surface area contributed by atoms with Gasteiger partial charge in [-0.1, -0.05) is 18.2 Å². The van der Waals surface area contributed by atoms with Gasteiger partial charge in [-0.05, 0) is 18.6 Å². The average Bonchev–Trinajstić information content (AvgIpc) is 2.39. The molecule has 0 saturated carbocycles. The fourth-order valence-corrected chi connectivity index (χ4v) is 1.29. The second-order valence-corrected chi connectivity index (χ2v) is 3.75. The smallest absolute Gasteiger partial charge is 0.329 e. The molecule has 0 heterocycles. The predicted octanol–water partition coefficient (Wildman–Crippen LogP) is 0.673. The van der Waals surface area contributed by atoms with Crippen LogP contribution in [-0.2, 0) is 14.3 Å². The first kappa shape index (κ1) is 15.0. The molecule has 1 aromatic carbocycles. The van der Waals surface area contributed by atoms with Gasteiger partial charge in [-0.25, -0.2) is 4.79 Å². The van der Waals surface area contributed by atoms with Crippen LogP contribution in [0.1, 0.15) is 6.42 Å². The van der Waals surface area contributed by atoms with Crippen molar-refractivity contribution >= 4 is 11.9 Å². The molecule has 0 radical (unpaired) electrons. The van der Waals surface area contributed by atoms with Gasteiger partial charge in [-0.15, -0.1) is 0 Å². The van der Waals surface area contributed by atoms with Gasteiger partial charge < -0.3 is 19.9 Å². The van der Waals surface area contributed by atoms with Crippen molar-refractivity contribution in [3.63, 3.8) is 0 Å². The SMILES string of the molecule is O=C(O)COCC(=O)NCCCOc1ccccc1. The Morgan fingerprint density at radius 1 is 1.16 bits per heavy atom. The zero-order valence-electron chi connectivity index (χ0n) is 10.5. The Balaban J connectivity index is 1.98. The summed E-state index contributed by atoms with van der Waals surface area (Å²) in [5.41, 5.74) is 0. The van der Waals surface area contributed by atoms with Gasteiger partial charge in [0, 0.05) is 6.54 Å². The maximum Gasteiger partial charge on any atom is 0.329 e. The van der Waals surface area contributed by atoms with Crippen LogP contribution in [0.25, 0.3) is 0 Å². The van der Waals surface area contributed by atoms with Crippen LogP contribution in [0.15, 0.2) is 30.3 Å². The Hall–Kier alpha value is -2.08. The van der Waals surface area contributed by atoms with Gasteiger partial charge in [0.1, 0.15) is 19.0 Å². The van der Waals surface area contributed by atoms with Crippen molar-refractivity contribution in [3.05, 3.63) is 30.3 Å². The summed E-state index contributed by atoms with van der Waals surface area (Å²) in [5, 5.41) is 10.9. The lowest BCUT2D eigenvalue weighted by Crippen LogP contribution is -2.30. The third-order valence-corrected chi connectivity index (χ3v) is 2.11. The average molecular weight is 267 g/mol. The van der Waals surface area contributed by atoms with Crippen molar-refractivity contribution in [2.75, 3.05) is 26.4 Å². The van der Waals surface area contributed by atoms with Crippen LogP contribution < -0.4 is 10.1 Å². The molecule has 0 bridgehead atoms. The fraction of sp³-hybridized carbons (Fsp3) is 0.385. The first-order valence-electron chi connectivity index (χ1n) is 5.92.